The summed E-state index contributed by atoms with van der Waals surface area (Å²) in [7, 11) is 0. The van der Waals surface area contributed by atoms with E-state index in [0.29, 0.717) is 6.54 Å². The smallest absolute Gasteiger partial charge is 0.410 e. The largest absolute Gasteiger partial charge is 0.444 e. The molecule has 4 nitrogen and oxygen atoms in total. The van der Waals surface area contributed by atoms with Gasteiger partial charge in [-0.15, -0.1) is 0 Å². The molecule has 0 bridgehead atoms. The van der Waals surface area contributed by atoms with Crippen LogP contribution in [-0.4, -0.2) is 35.5 Å². The van der Waals surface area contributed by atoms with E-state index in [9.17, 15) is 9.59 Å². The summed E-state index contributed by atoms with van der Waals surface area (Å²) in [6.07, 6.45) is 3.16. The van der Waals surface area contributed by atoms with E-state index in [1.54, 1.807) is 0 Å². The molecule has 0 N–H and O–H groups in total. The summed E-state index contributed by atoms with van der Waals surface area (Å²) in [5.74, 6) is 0. The van der Waals surface area contributed by atoms with Gasteiger partial charge in [0.2, 0.25) is 0 Å². The second kappa shape index (κ2) is 4.64. The van der Waals surface area contributed by atoms with Crippen LogP contribution >= 0.6 is 0 Å². The van der Waals surface area contributed by atoms with Crippen LogP contribution in [0.15, 0.2) is 0 Å². The Labute approximate surface area is 90.6 Å². The average Bonchev–Trinajstić information content (AvgIpc) is 2.15. The number of hydrogen-bond donors (Lipinski definition) is 0. The van der Waals surface area contributed by atoms with Gasteiger partial charge in [-0.05, 0) is 40.0 Å². The molecule has 1 fully saturated rings. The highest BCUT2D eigenvalue weighted by atomic mass is 16.6. The number of carbonyl (C=O) groups is 2. The van der Waals surface area contributed by atoms with E-state index in [1.807, 2.05) is 20.8 Å². The van der Waals surface area contributed by atoms with Gasteiger partial charge in [-0.1, -0.05) is 0 Å². The summed E-state index contributed by atoms with van der Waals surface area (Å²) in [5, 5.41) is 0. The van der Waals surface area contributed by atoms with Gasteiger partial charge in [0, 0.05) is 6.54 Å². The number of piperidine rings is 1. The maximum absolute atomic E-state index is 11.7. The third-order valence-electron chi connectivity index (χ3n) is 2.33. The molecule has 1 atom stereocenters. The molecule has 1 rings (SSSR count). The molecule has 0 aromatic carbocycles. The van der Waals surface area contributed by atoms with Crippen molar-refractivity contribution in [1.82, 2.24) is 4.90 Å². The van der Waals surface area contributed by atoms with Crippen LogP contribution in [0.4, 0.5) is 4.79 Å². The molecule has 0 aromatic heterocycles. The quantitative estimate of drug-likeness (QED) is 0.626. The molecule has 1 amide bonds. The number of ether oxygens (including phenoxy) is 1. The van der Waals surface area contributed by atoms with E-state index < -0.39 is 5.60 Å². The van der Waals surface area contributed by atoms with Crippen LogP contribution in [0.25, 0.3) is 0 Å². The maximum Gasteiger partial charge on any atom is 0.410 e. The Bertz CT molecular complexity index is 245. The summed E-state index contributed by atoms with van der Waals surface area (Å²) in [6, 6.07) is -0.298. The SMILES string of the molecule is CC(C)(C)OC(=O)N1CCCC[C@@H]1C=O. The summed E-state index contributed by atoms with van der Waals surface area (Å²) >= 11 is 0. The van der Waals surface area contributed by atoms with Crippen LogP contribution in [-0.2, 0) is 9.53 Å². The summed E-state index contributed by atoms with van der Waals surface area (Å²) < 4.78 is 5.24. The lowest BCUT2D eigenvalue weighted by atomic mass is 10.0. The zero-order valence-electron chi connectivity index (χ0n) is 9.66. The normalized spacial score (nSPS) is 22.3. The fourth-order valence-electron chi connectivity index (χ4n) is 1.65. The van der Waals surface area contributed by atoms with Crippen LogP contribution in [0.5, 0.6) is 0 Å². The first kappa shape index (κ1) is 12.0. The van der Waals surface area contributed by atoms with E-state index in [1.165, 1.54) is 4.90 Å². The minimum Gasteiger partial charge on any atom is -0.444 e. The summed E-state index contributed by atoms with van der Waals surface area (Å²) in [6.45, 7) is 6.10. The molecular weight excluding hydrogens is 194 g/mol. The van der Waals surface area contributed by atoms with E-state index >= 15 is 0 Å². The van der Waals surface area contributed by atoms with Crippen molar-refractivity contribution in [2.75, 3.05) is 6.54 Å². The van der Waals surface area contributed by atoms with Gasteiger partial charge in [0.1, 0.15) is 11.9 Å². The highest BCUT2D eigenvalue weighted by molar-refractivity contribution is 5.74. The van der Waals surface area contributed by atoms with Crippen molar-refractivity contribution >= 4 is 12.4 Å². The number of hydrogen-bond acceptors (Lipinski definition) is 3. The molecule has 0 unspecified atom stereocenters. The lowest BCUT2D eigenvalue weighted by molar-refractivity contribution is -0.113. The van der Waals surface area contributed by atoms with Crippen LogP contribution < -0.4 is 0 Å². The van der Waals surface area contributed by atoms with Crippen LogP contribution in [0.3, 0.4) is 0 Å². The van der Waals surface area contributed by atoms with Crippen molar-refractivity contribution in [3.8, 4) is 0 Å². The van der Waals surface area contributed by atoms with E-state index in [0.717, 1.165) is 25.5 Å². The van der Waals surface area contributed by atoms with E-state index in [-0.39, 0.29) is 12.1 Å². The molecular formula is C11H19NO3. The van der Waals surface area contributed by atoms with Gasteiger partial charge >= 0.3 is 6.09 Å². The Balaban J connectivity index is 2.60. The minimum atomic E-state index is -0.498. The molecule has 15 heavy (non-hydrogen) atoms. The number of nitrogens with zero attached hydrogens (tertiary/aromatic N) is 1. The predicted octanol–water partition coefficient (Wildman–Crippen LogP) is 1.97. The zero-order chi connectivity index (χ0) is 11.5. The van der Waals surface area contributed by atoms with Crippen molar-refractivity contribution in [2.24, 2.45) is 0 Å². The first-order valence-electron chi connectivity index (χ1n) is 5.39. The molecule has 0 radical (unpaired) electrons. The number of likely N-dealkylation sites (tertiary alicyclic amines) is 1. The molecule has 0 saturated carbocycles. The molecule has 1 saturated heterocycles. The van der Waals surface area contributed by atoms with Crippen molar-refractivity contribution in [3.63, 3.8) is 0 Å². The standard InChI is InChI=1S/C11H19NO3/c1-11(2,3)15-10(14)12-7-5-4-6-9(12)8-13/h8-9H,4-7H2,1-3H3/t9-/m1/s1. The number of amides is 1. The third kappa shape index (κ3) is 3.53. The average molecular weight is 213 g/mol. The molecule has 1 aliphatic heterocycles. The van der Waals surface area contributed by atoms with E-state index in [4.69, 9.17) is 4.74 Å². The Kier molecular flexibility index (Phi) is 3.72. The zero-order valence-corrected chi connectivity index (χ0v) is 9.66. The maximum atomic E-state index is 11.7. The van der Waals surface area contributed by atoms with Crippen molar-refractivity contribution in [3.05, 3.63) is 0 Å². The number of aldehydes is 1. The molecule has 86 valence electrons. The Hall–Kier alpha value is -1.06. The second-order valence-electron chi connectivity index (χ2n) is 4.87. The van der Waals surface area contributed by atoms with Gasteiger partial charge in [-0.3, -0.25) is 4.90 Å². The third-order valence-corrected chi connectivity index (χ3v) is 2.33. The second-order valence-corrected chi connectivity index (χ2v) is 4.87. The minimum absolute atomic E-state index is 0.298. The number of rotatable bonds is 1. The molecule has 0 aromatic rings. The van der Waals surface area contributed by atoms with Gasteiger partial charge in [-0.25, -0.2) is 4.79 Å². The fourth-order valence-corrected chi connectivity index (χ4v) is 1.65. The van der Waals surface area contributed by atoms with Crippen LogP contribution in [0.2, 0.25) is 0 Å². The first-order valence-corrected chi connectivity index (χ1v) is 5.39. The fraction of sp³-hybridized carbons (Fsp3) is 0.818. The van der Waals surface area contributed by atoms with Crippen LogP contribution in [0.1, 0.15) is 40.0 Å². The Morgan fingerprint density at radius 3 is 2.60 bits per heavy atom. The van der Waals surface area contributed by atoms with Gasteiger partial charge in [0.05, 0.1) is 6.04 Å². The molecule has 0 aliphatic carbocycles. The monoisotopic (exact) mass is 213 g/mol. The lowest BCUT2D eigenvalue weighted by Crippen LogP contribution is -2.46. The van der Waals surface area contributed by atoms with Crippen molar-refractivity contribution in [1.29, 1.82) is 0 Å². The van der Waals surface area contributed by atoms with Crippen molar-refractivity contribution in [2.45, 2.75) is 51.7 Å². The lowest BCUT2D eigenvalue weighted by Gasteiger charge is -2.33. The van der Waals surface area contributed by atoms with E-state index in [2.05, 4.69) is 0 Å². The van der Waals surface area contributed by atoms with Crippen molar-refractivity contribution < 1.29 is 14.3 Å². The van der Waals surface area contributed by atoms with Gasteiger partial charge in [-0.2, -0.15) is 0 Å². The summed E-state index contributed by atoms with van der Waals surface area (Å²) in [4.78, 5) is 24.0. The highest BCUT2D eigenvalue weighted by Gasteiger charge is 2.29. The number of carbonyl (C=O) groups excluding carboxylic acids is 2. The predicted molar refractivity (Wildman–Crippen MR) is 56.6 cm³/mol. The molecule has 4 heteroatoms. The first-order chi connectivity index (χ1) is 6.94. The van der Waals surface area contributed by atoms with Crippen LogP contribution in [0, 0.1) is 0 Å². The Morgan fingerprint density at radius 1 is 1.40 bits per heavy atom. The molecule has 0 spiro atoms. The highest BCUT2D eigenvalue weighted by Crippen LogP contribution is 2.18. The van der Waals surface area contributed by atoms with Gasteiger partial charge in [0.25, 0.3) is 0 Å². The topological polar surface area (TPSA) is 46.6 Å². The Morgan fingerprint density at radius 2 is 2.07 bits per heavy atom. The summed E-state index contributed by atoms with van der Waals surface area (Å²) in [5.41, 5.74) is -0.498. The van der Waals surface area contributed by atoms with Gasteiger partial charge < -0.3 is 9.53 Å². The molecule has 1 heterocycles. The van der Waals surface area contributed by atoms with Gasteiger partial charge in [0.15, 0.2) is 0 Å². The molecule has 1 aliphatic rings.